The van der Waals surface area contributed by atoms with E-state index in [1.165, 1.54) is 19.2 Å². The van der Waals surface area contributed by atoms with Crippen molar-refractivity contribution >= 4 is 11.7 Å². The first kappa shape index (κ1) is 14.8. The number of nitrogens with one attached hydrogen (secondary N) is 1. The van der Waals surface area contributed by atoms with Crippen molar-refractivity contribution in [3.05, 3.63) is 30.1 Å². The Bertz CT molecular complexity index is 474. The Morgan fingerprint density at radius 1 is 1.35 bits per heavy atom. The number of halogens is 1. The molecule has 2 rings (SSSR count). The van der Waals surface area contributed by atoms with E-state index >= 15 is 0 Å². The van der Waals surface area contributed by atoms with Crippen LogP contribution in [0.5, 0.6) is 0 Å². The van der Waals surface area contributed by atoms with Crippen molar-refractivity contribution in [1.82, 2.24) is 0 Å². The Labute approximate surface area is 119 Å². The number of carbonyl (C=O) groups excluding carboxylic acids is 1. The lowest BCUT2D eigenvalue weighted by Gasteiger charge is -2.43. The van der Waals surface area contributed by atoms with Gasteiger partial charge in [-0.2, -0.15) is 0 Å². The molecule has 1 N–H and O–H groups in total. The molecule has 0 heterocycles. The highest BCUT2D eigenvalue weighted by atomic mass is 19.1. The van der Waals surface area contributed by atoms with Gasteiger partial charge in [0.1, 0.15) is 11.4 Å². The Morgan fingerprint density at radius 3 is 2.55 bits per heavy atom. The van der Waals surface area contributed by atoms with Gasteiger partial charge in [-0.15, -0.1) is 0 Å². The van der Waals surface area contributed by atoms with Crippen LogP contribution >= 0.6 is 0 Å². The summed E-state index contributed by atoms with van der Waals surface area (Å²) in [6, 6.07) is 6.10. The fourth-order valence-corrected chi connectivity index (χ4v) is 3.16. The van der Waals surface area contributed by atoms with Crippen molar-refractivity contribution in [3.63, 3.8) is 0 Å². The minimum atomic E-state index is -0.709. The van der Waals surface area contributed by atoms with Crippen LogP contribution in [0.25, 0.3) is 0 Å². The summed E-state index contributed by atoms with van der Waals surface area (Å²) in [6.45, 7) is 4.28. The number of benzene rings is 1. The van der Waals surface area contributed by atoms with Crippen molar-refractivity contribution in [2.45, 2.75) is 38.6 Å². The van der Waals surface area contributed by atoms with Crippen molar-refractivity contribution in [3.8, 4) is 0 Å². The molecule has 1 saturated carbocycles. The topological polar surface area (TPSA) is 38.3 Å². The highest BCUT2D eigenvalue weighted by molar-refractivity contribution is 5.85. The molecule has 1 fully saturated rings. The normalized spacial score (nSPS) is 29.8. The molecule has 1 aromatic rings. The second-order valence-corrected chi connectivity index (χ2v) is 5.88. The molecular weight excluding hydrogens is 257 g/mol. The third kappa shape index (κ3) is 2.79. The van der Waals surface area contributed by atoms with Crippen LogP contribution < -0.4 is 5.32 Å². The summed E-state index contributed by atoms with van der Waals surface area (Å²) >= 11 is 0. The smallest absolute Gasteiger partial charge is 0.331 e. The van der Waals surface area contributed by atoms with Crippen LogP contribution in [0.2, 0.25) is 0 Å². The molecule has 0 bridgehead atoms. The van der Waals surface area contributed by atoms with Crippen molar-refractivity contribution in [2.24, 2.45) is 11.8 Å². The summed E-state index contributed by atoms with van der Waals surface area (Å²) < 4.78 is 18.0. The van der Waals surface area contributed by atoms with E-state index in [-0.39, 0.29) is 17.7 Å². The summed E-state index contributed by atoms with van der Waals surface area (Å²) in [7, 11) is 1.42. The molecule has 0 spiro atoms. The van der Waals surface area contributed by atoms with E-state index in [0.717, 1.165) is 24.9 Å². The second-order valence-electron chi connectivity index (χ2n) is 5.88. The Kier molecular flexibility index (Phi) is 4.31. The number of ether oxygens (including phenoxy) is 1. The maximum absolute atomic E-state index is 13.0. The molecule has 1 aromatic carbocycles. The predicted molar refractivity (Wildman–Crippen MR) is 76.9 cm³/mol. The van der Waals surface area contributed by atoms with Crippen LogP contribution in [0.15, 0.2) is 24.3 Å². The van der Waals surface area contributed by atoms with E-state index < -0.39 is 5.54 Å². The lowest BCUT2D eigenvalue weighted by Crippen LogP contribution is -2.55. The third-order valence-corrected chi connectivity index (χ3v) is 4.39. The van der Waals surface area contributed by atoms with E-state index in [0.29, 0.717) is 5.92 Å². The Morgan fingerprint density at radius 2 is 2.00 bits per heavy atom. The zero-order valence-corrected chi connectivity index (χ0v) is 12.3. The van der Waals surface area contributed by atoms with Gasteiger partial charge in [-0.1, -0.05) is 13.8 Å². The van der Waals surface area contributed by atoms with Gasteiger partial charge in [0.25, 0.3) is 0 Å². The number of rotatable bonds is 3. The highest BCUT2D eigenvalue weighted by Gasteiger charge is 2.47. The molecule has 3 unspecified atom stereocenters. The highest BCUT2D eigenvalue weighted by Crippen LogP contribution is 2.40. The molecule has 0 amide bonds. The van der Waals surface area contributed by atoms with Crippen LogP contribution in [0.4, 0.5) is 10.1 Å². The standard InChI is InChI=1S/C16H22FNO2/c1-11-8-9-16(12(2)10-11,15(19)20-3)18-14-6-4-13(17)5-7-14/h4-7,11-12,18H,8-10H2,1-3H3. The summed E-state index contributed by atoms with van der Waals surface area (Å²) in [6.07, 6.45) is 2.69. The number of hydrogen-bond donors (Lipinski definition) is 1. The average molecular weight is 279 g/mol. The van der Waals surface area contributed by atoms with Crippen molar-refractivity contribution in [2.75, 3.05) is 12.4 Å². The zero-order chi connectivity index (χ0) is 14.8. The number of esters is 1. The quantitative estimate of drug-likeness (QED) is 0.859. The molecule has 110 valence electrons. The number of anilines is 1. The minimum Gasteiger partial charge on any atom is -0.467 e. The molecule has 1 aliphatic carbocycles. The maximum atomic E-state index is 13.0. The largest absolute Gasteiger partial charge is 0.467 e. The monoisotopic (exact) mass is 279 g/mol. The van der Waals surface area contributed by atoms with Crippen molar-refractivity contribution < 1.29 is 13.9 Å². The van der Waals surface area contributed by atoms with Gasteiger partial charge in [-0.3, -0.25) is 0 Å². The molecule has 0 radical (unpaired) electrons. The van der Waals surface area contributed by atoms with E-state index in [9.17, 15) is 9.18 Å². The number of carbonyl (C=O) groups is 1. The van der Waals surface area contributed by atoms with E-state index in [1.807, 2.05) is 0 Å². The number of hydrogen-bond acceptors (Lipinski definition) is 3. The first-order chi connectivity index (χ1) is 9.48. The predicted octanol–water partition coefficient (Wildman–Crippen LogP) is 3.61. The van der Waals surface area contributed by atoms with Gasteiger partial charge in [0.15, 0.2) is 0 Å². The molecule has 3 atom stereocenters. The Hall–Kier alpha value is -1.58. The van der Waals surface area contributed by atoms with Gasteiger partial charge in [0.2, 0.25) is 0 Å². The minimum absolute atomic E-state index is 0.170. The molecule has 20 heavy (non-hydrogen) atoms. The third-order valence-electron chi connectivity index (χ3n) is 4.39. The van der Waals surface area contributed by atoms with Gasteiger partial charge in [-0.25, -0.2) is 9.18 Å². The SMILES string of the molecule is COC(=O)C1(Nc2ccc(F)cc2)CCC(C)CC1C. The van der Waals surface area contributed by atoms with Crippen LogP contribution in [0, 0.1) is 17.7 Å². The summed E-state index contributed by atoms with van der Waals surface area (Å²) in [5.74, 6) is 0.260. The second kappa shape index (κ2) is 5.81. The Balaban J connectivity index is 2.28. The summed E-state index contributed by atoms with van der Waals surface area (Å²) in [5, 5.41) is 3.30. The molecule has 0 aromatic heterocycles. The van der Waals surface area contributed by atoms with Gasteiger partial charge in [0.05, 0.1) is 7.11 Å². The maximum Gasteiger partial charge on any atom is 0.331 e. The lowest BCUT2D eigenvalue weighted by atomic mass is 9.69. The van der Waals surface area contributed by atoms with Gasteiger partial charge in [0, 0.05) is 5.69 Å². The molecular formula is C16H22FNO2. The van der Waals surface area contributed by atoms with Crippen LogP contribution in [0.3, 0.4) is 0 Å². The lowest BCUT2D eigenvalue weighted by molar-refractivity contribution is -0.149. The fourth-order valence-electron chi connectivity index (χ4n) is 3.16. The summed E-state index contributed by atoms with van der Waals surface area (Å²) in [4.78, 5) is 12.3. The molecule has 0 saturated heterocycles. The van der Waals surface area contributed by atoms with Crippen LogP contribution in [0.1, 0.15) is 33.1 Å². The fraction of sp³-hybridized carbons (Fsp3) is 0.562. The molecule has 1 aliphatic rings. The zero-order valence-electron chi connectivity index (χ0n) is 12.3. The van der Waals surface area contributed by atoms with Crippen molar-refractivity contribution in [1.29, 1.82) is 0 Å². The van der Waals surface area contributed by atoms with Crippen LogP contribution in [-0.4, -0.2) is 18.6 Å². The molecule has 4 heteroatoms. The van der Waals surface area contributed by atoms with E-state index in [4.69, 9.17) is 4.74 Å². The number of methoxy groups -OCH3 is 1. The van der Waals surface area contributed by atoms with E-state index in [1.54, 1.807) is 12.1 Å². The molecule has 3 nitrogen and oxygen atoms in total. The van der Waals surface area contributed by atoms with Gasteiger partial charge in [-0.05, 0) is 55.4 Å². The van der Waals surface area contributed by atoms with Gasteiger partial charge >= 0.3 is 5.97 Å². The average Bonchev–Trinajstić information content (AvgIpc) is 2.43. The van der Waals surface area contributed by atoms with E-state index in [2.05, 4.69) is 19.2 Å². The molecule has 0 aliphatic heterocycles. The van der Waals surface area contributed by atoms with Crippen LogP contribution in [-0.2, 0) is 9.53 Å². The first-order valence-corrected chi connectivity index (χ1v) is 7.10. The first-order valence-electron chi connectivity index (χ1n) is 7.10. The van der Waals surface area contributed by atoms with Gasteiger partial charge < -0.3 is 10.1 Å². The summed E-state index contributed by atoms with van der Waals surface area (Å²) in [5.41, 5.74) is 0.0391.